The average molecular weight is 164 g/mol. The smallest absolute Gasteiger partial charge is 0.388 e. The van der Waals surface area contributed by atoms with E-state index < -0.39 is 6.61 Å². The van der Waals surface area contributed by atoms with Gasteiger partial charge in [-0.25, -0.2) is 0 Å². The molecule has 0 saturated carbocycles. The zero-order valence-electron chi connectivity index (χ0n) is 5.30. The summed E-state index contributed by atoms with van der Waals surface area (Å²) in [4.78, 5) is 0.968. The van der Waals surface area contributed by atoms with E-state index in [1.165, 1.54) is 17.4 Å². The van der Waals surface area contributed by atoms with Gasteiger partial charge in [0, 0.05) is 4.88 Å². The highest BCUT2D eigenvalue weighted by atomic mass is 32.1. The van der Waals surface area contributed by atoms with Gasteiger partial charge in [0.15, 0.2) is 5.06 Å². The summed E-state index contributed by atoms with van der Waals surface area (Å²) in [6, 6.07) is 3.27. The van der Waals surface area contributed by atoms with E-state index in [1.807, 2.05) is 6.92 Å². The molecule has 4 heteroatoms. The third-order valence-electron chi connectivity index (χ3n) is 0.921. The van der Waals surface area contributed by atoms with Crippen LogP contribution in [0.3, 0.4) is 0 Å². The van der Waals surface area contributed by atoms with Gasteiger partial charge in [-0.1, -0.05) is 0 Å². The first kappa shape index (κ1) is 7.47. The highest BCUT2D eigenvalue weighted by Crippen LogP contribution is 2.24. The molecule has 0 bridgehead atoms. The Hall–Kier alpha value is -0.640. The molecule has 1 aromatic heterocycles. The average Bonchev–Trinajstić information content (AvgIpc) is 2.13. The van der Waals surface area contributed by atoms with Crippen LogP contribution in [0.1, 0.15) is 4.88 Å². The quantitative estimate of drug-likeness (QED) is 0.653. The van der Waals surface area contributed by atoms with Crippen LogP contribution < -0.4 is 4.74 Å². The number of hydrogen-bond acceptors (Lipinski definition) is 2. The summed E-state index contributed by atoms with van der Waals surface area (Å²) in [7, 11) is 0. The summed E-state index contributed by atoms with van der Waals surface area (Å²) in [6.45, 7) is -0.874. The maximum Gasteiger partial charge on any atom is 0.388 e. The van der Waals surface area contributed by atoms with Gasteiger partial charge in [-0.3, -0.25) is 0 Å². The van der Waals surface area contributed by atoms with E-state index in [0.717, 1.165) is 4.88 Å². The molecule has 0 unspecified atom stereocenters. The van der Waals surface area contributed by atoms with Crippen LogP contribution in [0.15, 0.2) is 12.1 Å². The Bertz CT molecular complexity index is 209. The van der Waals surface area contributed by atoms with Crippen molar-refractivity contribution in [3.05, 3.63) is 17.0 Å². The molecular formula is C6H6F2OS. The number of ether oxygens (including phenoxy) is 1. The second-order valence-electron chi connectivity index (χ2n) is 1.74. The summed E-state index contributed by atoms with van der Waals surface area (Å²) in [5.41, 5.74) is 0. The van der Waals surface area contributed by atoms with Crippen LogP contribution in [0.4, 0.5) is 8.78 Å². The minimum atomic E-state index is -2.71. The van der Waals surface area contributed by atoms with Gasteiger partial charge in [0.2, 0.25) is 0 Å². The van der Waals surface area contributed by atoms with Crippen LogP contribution in [0.5, 0.6) is 5.06 Å². The van der Waals surface area contributed by atoms with Crippen molar-refractivity contribution in [3.8, 4) is 5.06 Å². The van der Waals surface area contributed by atoms with Crippen molar-refractivity contribution in [3.63, 3.8) is 0 Å². The van der Waals surface area contributed by atoms with Crippen LogP contribution in [0.2, 0.25) is 0 Å². The molecule has 1 aromatic rings. The first-order chi connectivity index (χ1) is 4.68. The van der Waals surface area contributed by atoms with Gasteiger partial charge in [-0.2, -0.15) is 8.78 Å². The second-order valence-corrected chi connectivity index (χ2v) is 2.99. The Labute approximate surface area is 61.2 Å². The molecule has 0 saturated heterocycles. The van der Waals surface area contributed by atoms with Gasteiger partial charge < -0.3 is 4.74 Å². The van der Waals surface area contributed by atoms with Crippen molar-refractivity contribution in [1.29, 1.82) is 0 Å². The largest absolute Gasteiger partial charge is 0.425 e. The van der Waals surface area contributed by atoms with Crippen molar-refractivity contribution >= 4 is 11.3 Å². The molecule has 0 spiro atoms. The maximum absolute atomic E-state index is 11.5. The summed E-state index contributed by atoms with van der Waals surface area (Å²) in [6.07, 6.45) is 0. The molecule has 10 heavy (non-hydrogen) atoms. The SMILES string of the molecule is Cc1ccc(OC(F)F)s1. The molecule has 0 aromatic carbocycles. The molecular weight excluding hydrogens is 158 g/mol. The summed E-state index contributed by atoms with van der Waals surface area (Å²) >= 11 is 1.21. The maximum atomic E-state index is 11.5. The number of hydrogen-bond donors (Lipinski definition) is 0. The number of alkyl halides is 2. The normalized spacial score (nSPS) is 10.4. The molecule has 0 N–H and O–H groups in total. The highest BCUT2D eigenvalue weighted by molar-refractivity contribution is 7.13. The Kier molecular flexibility index (Phi) is 2.21. The van der Waals surface area contributed by atoms with Crippen molar-refractivity contribution in [2.24, 2.45) is 0 Å². The molecule has 1 heterocycles. The fourth-order valence-corrected chi connectivity index (χ4v) is 1.27. The molecule has 0 fully saturated rings. The van der Waals surface area contributed by atoms with Crippen LogP contribution >= 0.6 is 11.3 Å². The first-order valence-corrected chi connectivity index (χ1v) is 3.51. The molecule has 0 aliphatic rings. The van der Waals surface area contributed by atoms with Crippen molar-refractivity contribution in [2.75, 3.05) is 0 Å². The molecule has 0 atom stereocenters. The Balaban J connectivity index is 2.58. The summed E-state index contributed by atoms with van der Waals surface area (Å²) in [5.74, 6) is 0. The van der Waals surface area contributed by atoms with Crippen LogP contribution in [0.25, 0.3) is 0 Å². The monoisotopic (exact) mass is 164 g/mol. The minimum Gasteiger partial charge on any atom is -0.425 e. The molecule has 0 aliphatic carbocycles. The van der Waals surface area contributed by atoms with E-state index in [-0.39, 0.29) is 5.06 Å². The van der Waals surface area contributed by atoms with Crippen LogP contribution in [-0.4, -0.2) is 6.61 Å². The number of rotatable bonds is 2. The van der Waals surface area contributed by atoms with Crippen molar-refractivity contribution in [1.82, 2.24) is 0 Å². The van der Waals surface area contributed by atoms with E-state index >= 15 is 0 Å². The lowest BCUT2D eigenvalue weighted by Gasteiger charge is -1.97. The Morgan fingerprint density at radius 3 is 2.60 bits per heavy atom. The van der Waals surface area contributed by atoms with E-state index in [0.29, 0.717) is 0 Å². The van der Waals surface area contributed by atoms with Gasteiger partial charge in [0.05, 0.1) is 0 Å². The van der Waals surface area contributed by atoms with E-state index in [1.54, 1.807) is 6.07 Å². The zero-order chi connectivity index (χ0) is 7.56. The third kappa shape index (κ3) is 1.95. The van der Waals surface area contributed by atoms with Crippen molar-refractivity contribution in [2.45, 2.75) is 13.5 Å². The van der Waals surface area contributed by atoms with Gasteiger partial charge in [0.25, 0.3) is 0 Å². The molecule has 1 rings (SSSR count). The lowest BCUT2D eigenvalue weighted by Crippen LogP contribution is -1.99. The van der Waals surface area contributed by atoms with E-state index in [9.17, 15) is 8.78 Å². The summed E-state index contributed by atoms with van der Waals surface area (Å²) < 4.78 is 27.1. The molecule has 0 radical (unpaired) electrons. The Morgan fingerprint density at radius 1 is 1.50 bits per heavy atom. The predicted octanol–water partition coefficient (Wildman–Crippen LogP) is 2.66. The molecule has 56 valence electrons. The second kappa shape index (κ2) is 2.96. The van der Waals surface area contributed by atoms with Gasteiger partial charge >= 0.3 is 6.61 Å². The van der Waals surface area contributed by atoms with Crippen LogP contribution in [0, 0.1) is 6.92 Å². The number of thiophene rings is 1. The molecule has 1 nitrogen and oxygen atoms in total. The van der Waals surface area contributed by atoms with E-state index in [2.05, 4.69) is 4.74 Å². The minimum absolute atomic E-state index is 0.271. The fraction of sp³-hybridized carbons (Fsp3) is 0.333. The Morgan fingerprint density at radius 2 is 2.20 bits per heavy atom. The summed E-state index contributed by atoms with van der Waals surface area (Å²) in [5, 5.41) is 0.271. The zero-order valence-corrected chi connectivity index (χ0v) is 6.12. The predicted molar refractivity (Wildman–Crippen MR) is 35.7 cm³/mol. The van der Waals surface area contributed by atoms with Crippen LogP contribution in [-0.2, 0) is 0 Å². The van der Waals surface area contributed by atoms with Gasteiger partial charge in [0.1, 0.15) is 0 Å². The number of halogens is 2. The fourth-order valence-electron chi connectivity index (χ4n) is 0.563. The molecule has 0 aliphatic heterocycles. The number of aryl methyl sites for hydroxylation is 1. The third-order valence-corrected chi connectivity index (χ3v) is 1.81. The topological polar surface area (TPSA) is 9.23 Å². The first-order valence-electron chi connectivity index (χ1n) is 2.70. The van der Waals surface area contributed by atoms with Gasteiger partial charge in [-0.05, 0) is 19.1 Å². The highest BCUT2D eigenvalue weighted by Gasteiger charge is 2.04. The standard InChI is InChI=1S/C6H6F2OS/c1-4-2-3-5(10-4)9-6(7)8/h2-3,6H,1H3. The van der Waals surface area contributed by atoms with E-state index in [4.69, 9.17) is 0 Å². The van der Waals surface area contributed by atoms with Crippen molar-refractivity contribution < 1.29 is 13.5 Å². The lowest BCUT2D eigenvalue weighted by molar-refractivity contribution is -0.0471. The molecule has 0 amide bonds. The lowest BCUT2D eigenvalue weighted by atomic mass is 10.5. The van der Waals surface area contributed by atoms with Gasteiger partial charge in [-0.15, -0.1) is 11.3 Å².